The van der Waals surface area contributed by atoms with Gasteiger partial charge in [-0.25, -0.2) is 12.7 Å². The Hall–Kier alpha value is -1.15. The molecule has 6 nitrogen and oxygen atoms in total. The summed E-state index contributed by atoms with van der Waals surface area (Å²) in [5.74, 6) is -0.0467. The Morgan fingerprint density at radius 2 is 1.88 bits per heavy atom. The van der Waals surface area contributed by atoms with E-state index in [1.165, 1.54) is 10.6 Å². The minimum atomic E-state index is -3.17. The van der Waals surface area contributed by atoms with Crippen LogP contribution in [0.2, 0.25) is 5.02 Å². The quantitative estimate of drug-likeness (QED) is 0.809. The van der Waals surface area contributed by atoms with Gasteiger partial charge in [0.2, 0.25) is 15.9 Å². The molecule has 1 heterocycles. The first kappa shape index (κ1) is 20.2. The van der Waals surface area contributed by atoms with Crippen molar-refractivity contribution in [2.24, 2.45) is 0 Å². The zero-order chi connectivity index (χ0) is 18.4. The normalized spacial score (nSPS) is 18.5. The lowest BCUT2D eigenvalue weighted by Crippen LogP contribution is -2.41. The highest BCUT2D eigenvalue weighted by atomic mass is 35.5. The van der Waals surface area contributed by atoms with Gasteiger partial charge in [0.1, 0.15) is 0 Å². The van der Waals surface area contributed by atoms with Crippen LogP contribution in [0, 0.1) is 0 Å². The van der Waals surface area contributed by atoms with Crippen molar-refractivity contribution in [1.29, 1.82) is 0 Å². The third-order valence-electron chi connectivity index (χ3n) is 4.40. The fourth-order valence-corrected chi connectivity index (χ4v) is 4.00. The predicted octanol–water partition coefficient (Wildman–Crippen LogP) is 1.87. The van der Waals surface area contributed by atoms with Crippen LogP contribution in [0.1, 0.15) is 31.4 Å². The summed E-state index contributed by atoms with van der Waals surface area (Å²) >= 11 is 5.91. The monoisotopic (exact) mass is 387 g/mol. The minimum Gasteiger partial charge on any atom is -0.348 e. The van der Waals surface area contributed by atoms with Gasteiger partial charge in [-0.1, -0.05) is 30.7 Å². The lowest BCUT2D eigenvalue weighted by Gasteiger charge is -2.23. The summed E-state index contributed by atoms with van der Waals surface area (Å²) in [5.41, 5.74) is 1.03. The van der Waals surface area contributed by atoms with Gasteiger partial charge in [-0.2, -0.15) is 0 Å². The SMILES string of the molecule is CCC(NC(=O)CN1CCCN(S(C)(=O)=O)CC1)c1ccc(Cl)cc1. The second-order valence-electron chi connectivity index (χ2n) is 6.37. The van der Waals surface area contributed by atoms with E-state index in [-0.39, 0.29) is 18.5 Å². The summed E-state index contributed by atoms with van der Waals surface area (Å²) in [7, 11) is -3.17. The Bertz CT molecular complexity index is 679. The summed E-state index contributed by atoms with van der Waals surface area (Å²) in [6, 6.07) is 7.43. The number of amides is 1. The molecule has 0 bridgehead atoms. The molecule has 1 N–H and O–H groups in total. The number of rotatable bonds is 6. The molecule has 0 spiro atoms. The molecule has 140 valence electrons. The fraction of sp³-hybridized carbons (Fsp3) is 0.588. The van der Waals surface area contributed by atoms with E-state index in [2.05, 4.69) is 5.32 Å². The van der Waals surface area contributed by atoms with Crippen molar-refractivity contribution >= 4 is 27.5 Å². The Kier molecular flexibility index (Phi) is 7.25. The molecule has 0 radical (unpaired) electrons. The number of hydrogen-bond acceptors (Lipinski definition) is 4. The number of carbonyl (C=O) groups is 1. The molecule has 0 aromatic heterocycles. The summed E-state index contributed by atoms with van der Waals surface area (Å²) in [6.45, 7) is 4.53. The van der Waals surface area contributed by atoms with Crippen molar-refractivity contribution < 1.29 is 13.2 Å². The van der Waals surface area contributed by atoms with E-state index in [1.54, 1.807) is 0 Å². The molecular formula is C17H26ClN3O3S. The highest BCUT2D eigenvalue weighted by Crippen LogP contribution is 2.19. The van der Waals surface area contributed by atoms with Crippen LogP contribution in [-0.4, -0.2) is 62.5 Å². The number of nitrogens with one attached hydrogen (secondary N) is 1. The van der Waals surface area contributed by atoms with Crippen LogP contribution < -0.4 is 5.32 Å². The van der Waals surface area contributed by atoms with Crippen molar-refractivity contribution in [3.05, 3.63) is 34.9 Å². The standard InChI is InChI=1S/C17H26ClN3O3S/c1-3-16(14-5-7-15(18)8-6-14)19-17(22)13-20-9-4-10-21(12-11-20)25(2,23)24/h5-8,16H,3-4,9-13H2,1-2H3,(H,19,22). The van der Waals surface area contributed by atoms with Crippen LogP contribution in [0.4, 0.5) is 0 Å². The Morgan fingerprint density at radius 1 is 1.20 bits per heavy atom. The Labute approximate surface area is 155 Å². The number of hydrogen-bond donors (Lipinski definition) is 1. The lowest BCUT2D eigenvalue weighted by molar-refractivity contribution is -0.123. The van der Waals surface area contributed by atoms with Crippen molar-refractivity contribution in [3.8, 4) is 0 Å². The van der Waals surface area contributed by atoms with E-state index in [0.717, 1.165) is 24.9 Å². The molecule has 0 aliphatic carbocycles. The van der Waals surface area contributed by atoms with Gasteiger partial charge in [0.05, 0.1) is 18.8 Å². The number of sulfonamides is 1. The van der Waals surface area contributed by atoms with Crippen LogP contribution in [-0.2, 0) is 14.8 Å². The van der Waals surface area contributed by atoms with Gasteiger partial charge >= 0.3 is 0 Å². The number of halogens is 1. The molecule has 1 aromatic rings. The van der Waals surface area contributed by atoms with Crippen molar-refractivity contribution in [2.45, 2.75) is 25.8 Å². The molecule has 1 aromatic carbocycles. The molecule has 2 rings (SSSR count). The average Bonchev–Trinajstić information content (AvgIpc) is 2.79. The zero-order valence-electron chi connectivity index (χ0n) is 14.7. The second-order valence-corrected chi connectivity index (χ2v) is 8.79. The van der Waals surface area contributed by atoms with Crippen LogP contribution in [0.5, 0.6) is 0 Å². The largest absolute Gasteiger partial charge is 0.348 e. The summed E-state index contributed by atoms with van der Waals surface area (Å²) < 4.78 is 24.8. The minimum absolute atomic E-state index is 0.0467. The van der Waals surface area contributed by atoms with Crippen molar-refractivity contribution in [1.82, 2.24) is 14.5 Å². The second kappa shape index (κ2) is 8.98. The molecule has 1 aliphatic rings. The summed E-state index contributed by atoms with van der Waals surface area (Å²) in [5, 5.41) is 3.73. The number of nitrogens with zero attached hydrogens (tertiary/aromatic N) is 2. The molecule has 1 aliphatic heterocycles. The molecule has 1 atom stereocenters. The van der Waals surface area contributed by atoms with Gasteiger partial charge in [-0.05, 0) is 37.1 Å². The maximum absolute atomic E-state index is 12.4. The average molecular weight is 388 g/mol. The molecule has 25 heavy (non-hydrogen) atoms. The topological polar surface area (TPSA) is 69.7 Å². The third-order valence-corrected chi connectivity index (χ3v) is 5.95. The Balaban J connectivity index is 1.89. The molecule has 0 saturated carbocycles. The maximum Gasteiger partial charge on any atom is 0.234 e. The third kappa shape index (κ3) is 6.26. The van der Waals surface area contributed by atoms with Crippen LogP contribution in [0.3, 0.4) is 0 Å². The highest BCUT2D eigenvalue weighted by Gasteiger charge is 2.23. The van der Waals surface area contributed by atoms with Gasteiger partial charge < -0.3 is 5.32 Å². The summed E-state index contributed by atoms with van der Waals surface area (Å²) in [4.78, 5) is 14.4. The number of carbonyl (C=O) groups excluding carboxylic acids is 1. The molecule has 1 unspecified atom stereocenters. The van der Waals surface area contributed by atoms with Crippen molar-refractivity contribution in [2.75, 3.05) is 39.0 Å². The van der Waals surface area contributed by atoms with E-state index in [9.17, 15) is 13.2 Å². The number of benzene rings is 1. The summed E-state index contributed by atoms with van der Waals surface area (Å²) in [6.07, 6.45) is 2.75. The first-order valence-corrected chi connectivity index (χ1v) is 10.7. The van der Waals surface area contributed by atoms with E-state index in [1.807, 2.05) is 36.1 Å². The molecule has 8 heteroatoms. The van der Waals surface area contributed by atoms with Gasteiger partial charge in [0.25, 0.3) is 0 Å². The molecular weight excluding hydrogens is 362 g/mol. The van der Waals surface area contributed by atoms with Crippen LogP contribution in [0.15, 0.2) is 24.3 Å². The van der Waals surface area contributed by atoms with Crippen molar-refractivity contribution in [3.63, 3.8) is 0 Å². The predicted molar refractivity (Wildman–Crippen MR) is 100 cm³/mol. The van der Waals surface area contributed by atoms with E-state index in [4.69, 9.17) is 11.6 Å². The van der Waals surface area contributed by atoms with Crippen LogP contribution in [0.25, 0.3) is 0 Å². The fourth-order valence-electron chi connectivity index (χ4n) is 3.00. The molecule has 1 saturated heterocycles. The Morgan fingerprint density at radius 3 is 2.48 bits per heavy atom. The van der Waals surface area contributed by atoms with Crippen LogP contribution >= 0.6 is 11.6 Å². The zero-order valence-corrected chi connectivity index (χ0v) is 16.3. The molecule has 1 amide bonds. The first-order chi connectivity index (χ1) is 11.8. The van der Waals surface area contributed by atoms with Gasteiger partial charge in [-0.15, -0.1) is 0 Å². The highest BCUT2D eigenvalue weighted by molar-refractivity contribution is 7.88. The van der Waals surface area contributed by atoms with Gasteiger partial charge in [0.15, 0.2) is 0 Å². The molecule has 1 fully saturated rings. The lowest BCUT2D eigenvalue weighted by atomic mass is 10.0. The maximum atomic E-state index is 12.4. The smallest absolute Gasteiger partial charge is 0.234 e. The van der Waals surface area contributed by atoms with Gasteiger partial charge in [0, 0.05) is 24.7 Å². The van der Waals surface area contributed by atoms with Gasteiger partial charge in [-0.3, -0.25) is 9.69 Å². The van der Waals surface area contributed by atoms with E-state index >= 15 is 0 Å². The van der Waals surface area contributed by atoms with E-state index in [0.29, 0.717) is 24.7 Å². The van der Waals surface area contributed by atoms with E-state index < -0.39 is 10.0 Å². The first-order valence-electron chi connectivity index (χ1n) is 8.52.